The smallest absolute Gasteiger partial charge is 0.313 e. The van der Waals surface area contributed by atoms with Gasteiger partial charge in [0.25, 0.3) is 5.91 Å². The molecular formula is C26H27N3O4. The first kappa shape index (κ1) is 23.5. The highest BCUT2D eigenvalue weighted by Crippen LogP contribution is 2.17. The van der Waals surface area contributed by atoms with Gasteiger partial charge in [-0.3, -0.25) is 14.4 Å². The first-order valence-electron chi connectivity index (χ1n) is 10.6. The van der Waals surface area contributed by atoms with Crippen LogP contribution in [0.2, 0.25) is 0 Å². The van der Waals surface area contributed by atoms with Crippen LogP contribution in [0, 0.1) is 0 Å². The van der Waals surface area contributed by atoms with E-state index in [9.17, 15) is 14.4 Å². The van der Waals surface area contributed by atoms with E-state index in [1.807, 2.05) is 61.5 Å². The second-order valence-electron chi connectivity index (χ2n) is 7.56. The Bertz CT molecular complexity index is 1120. The summed E-state index contributed by atoms with van der Waals surface area (Å²) in [6.07, 6.45) is 0. The maximum atomic E-state index is 12.7. The lowest BCUT2D eigenvalue weighted by Crippen LogP contribution is -2.37. The molecule has 0 fully saturated rings. The third kappa shape index (κ3) is 6.67. The third-order valence-corrected chi connectivity index (χ3v) is 5.15. The number of hydrogen-bond acceptors (Lipinski definition) is 4. The summed E-state index contributed by atoms with van der Waals surface area (Å²) in [5, 5.41) is 8.00. The normalized spacial score (nSPS) is 11.2. The summed E-state index contributed by atoms with van der Waals surface area (Å²) in [6, 6.07) is 23.6. The summed E-state index contributed by atoms with van der Waals surface area (Å²) in [6.45, 7) is 2.57. The molecule has 33 heavy (non-hydrogen) atoms. The van der Waals surface area contributed by atoms with Gasteiger partial charge < -0.3 is 20.7 Å². The van der Waals surface area contributed by atoms with E-state index in [4.69, 9.17) is 4.74 Å². The molecule has 170 valence electrons. The van der Waals surface area contributed by atoms with Gasteiger partial charge in [-0.2, -0.15) is 0 Å². The Morgan fingerprint density at radius 3 is 2.33 bits per heavy atom. The zero-order valence-electron chi connectivity index (χ0n) is 18.6. The van der Waals surface area contributed by atoms with Gasteiger partial charge in [-0.15, -0.1) is 0 Å². The molecule has 1 atom stereocenters. The Labute approximate surface area is 193 Å². The third-order valence-electron chi connectivity index (χ3n) is 5.15. The largest absolute Gasteiger partial charge is 0.497 e. The minimum Gasteiger partial charge on any atom is -0.497 e. The maximum Gasteiger partial charge on any atom is 0.313 e. The molecule has 0 unspecified atom stereocenters. The van der Waals surface area contributed by atoms with Crippen LogP contribution in [0.25, 0.3) is 0 Å². The number of hydrogen-bond donors (Lipinski definition) is 3. The lowest BCUT2D eigenvalue weighted by molar-refractivity contribution is -0.136. The molecule has 0 aromatic heterocycles. The van der Waals surface area contributed by atoms with Crippen LogP contribution in [-0.2, 0) is 16.1 Å². The Balaban J connectivity index is 1.58. The molecule has 0 bridgehead atoms. The van der Waals surface area contributed by atoms with Crippen LogP contribution in [0.3, 0.4) is 0 Å². The Hall–Kier alpha value is -4.13. The molecule has 7 heteroatoms. The summed E-state index contributed by atoms with van der Waals surface area (Å²) in [4.78, 5) is 37.4. The van der Waals surface area contributed by atoms with Gasteiger partial charge in [-0.25, -0.2) is 0 Å². The van der Waals surface area contributed by atoms with Crippen molar-refractivity contribution >= 4 is 23.4 Å². The molecule has 3 aromatic rings. The standard InChI is InChI=1S/C26H27N3O4/c1-18(20-10-4-3-5-11-20)16-27-25(31)26(32)29-23-14-7-6-13-22(23)24(30)28-17-19-9-8-12-21(15-19)33-2/h3-15,18H,16-17H2,1-2H3,(H,27,31)(H,28,30)(H,29,32)/t18-/m0/s1. The minimum absolute atomic E-state index is 0.0534. The maximum absolute atomic E-state index is 12.7. The van der Waals surface area contributed by atoms with Gasteiger partial charge >= 0.3 is 11.8 Å². The number of nitrogens with one attached hydrogen (secondary N) is 3. The Morgan fingerprint density at radius 1 is 0.848 bits per heavy atom. The molecule has 0 radical (unpaired) electrons. The monoisotopic (exact) mass is 445 g/mol. The molecule has 3 N–H and O–H groups in total. The number of rotatable bonds is 8. The molecule has 0 heterocycles. The Kier molecular flexibility index (Phi) is 8.18. The predicted octanol–water partition coefficient (Wildman–Crippen LogP) is 3.48. The lowest BCUT2D eigenvalue weighted by Gasteiger charge is -2.14. The van der Waals surface area contributed by atoms with Gasteiger partial charge in [0, 0.05) is 13.1 Å². The van der Waals surface area contributed by atoms with Gasteiger partial charge in [0.05, 0.1) is 18.4 Å². The lowest BCUT2D eigenvalue weighted by atomic mass is 10.0. The van der Waals surface area contributed by atoms with E-state index in [2.05, 4.69) is 16.0 Å². The van der Waals surface area contributed by atoms with E-state index in [0.717, 1.165) is 11.1 Å². The molecule has 3 rings (SSSR count). The average molecular weight is 446 g/mol. The van der Waals surface area contributed by atoms with Crippen molar-refractivity contribution in [3.05, 3.63) is 95.6 Å². The zero-order valence-corrected chi connectivity index (χ0v) is 18.6. The topological polar surface area (TPSA) is 96.5 Å². The first-order chi connectivity index (χ1) is 16.0. The fourth-order valence-electron chi connectivity index (χ4n) is 3.25. The van der Waals surface area contributed by atoms with E-state index in [-0.39, 0.29) is 29.6 Å². The summed E-state index contributed by atoms with van der Waals surface area (Å²) in [7, 11) is 1.58. The highest BCUT2D eigenvalue weighted by molar-refractivity contribution is 6.40. The van der Waals surface area contributed by atoms with E-state index >= 15 is 0 Å². The number of methoxy groups -OCH3 is 1. The van der Waals surface area contributed by atoms with Crippen LogP contribution in [0.15, 0.2) is 78.9 Å². The molecule has 0 saturated heterocycles. The van der Waals surface area contributed by atoms with Gasteiger partial charge in [0.2, 0.25) is 0 Å². The SMILES string of the molecule is COc1cccc(CNC(=O)c2ccccc2NC(=O)C(=O)NC[C@H](C)c2ccccc2)c1. The Morgan fingerprint density at radius 2 is 1.58 bits per heavy atom. The highest BCUT2D eigenvalue weighted by Gasteiger charge is 2.18. The van der Waals surface area contributed by atoms with E-state index < -0.39 is 11.8 Å². The number of para-hydroxylation sites is 1. The van der Waals surface area contributed by atoms with Crippen molar-refractivity contribution in [2.24, 2.45) is 0 Å². The van der Waals surface area contributed by atoms with Crippen molar-refractivity contribution in [2.75, 3.05) is 19.0 Å². The number of carbonyl (C=O) groups is 3. The first-order valence-corrected chi connectivity index (χ1v) is 10.6. The quantitative estimate of drug-likeness (QED) is 0.463. The molecule has 0 aliphatic heterocycles. The average Bonchev–Trinajstić information content (AvgIpc) is 2.86. The van der Waals surface area contributed by atoms with Crippen LogP contribution in [0.1, 0.15) is 34.3 Å². The summed E-state index contributed by atoms with van der Waals surface area (Å²) in [5.74, 6) is -1.21. The van der Waals surface area contributed by atoms with Crippen molar-refractivity contribution in [1.29, 1.82) is 0 Å². The summed E-state index contributed by atoms with van der Waals surface area (Å²) >= 11 is 0. The molecule has 0 saturated carbocycles. The van der Waals surface area contributed by atoms with Crippen LogP contribution in [0.4, 0.5) is 5.69 Å². The molecule has 3 amide bonds. The number of ether oxygens (including phenoxy) is 1. The van der Waals surface area contributed by atoms with E-state index in [1.54, 1.807) is 31.4 Å². The minimum atomic E-state index is -0.830. The highest BCUT2D eigenvalue weighted by atomic mass is 16.5. The molecule has 7 nitrogen and oxygen atoms in total. The van der Waals surface area contributed by atoms with Crippen molar-refractivity contribution in [3.8, 4) is 5.75 Å². The van der Waals surface area contributed by atoms with Crippen molar-refractivity contribution in [3.63, 3.8) is 0 Å². The van der Waals surface area contributed by atoms with Crippen molar-refractivity contribution < 1.29 is 19.1 Å². The second-order valence-corrected chi connectivity index (χ2v) is 7.56. The molecular weight excluding hydrogens is 418 g/mol. The number of anilines is 1. The molecule has 0 aliphatic carbocycles. The zero-order chi connectivity index (χ0) is 23.6. The fraction of sp³-hybridized carbons (Fsp3) is 0.192. The van der Waals surface area contributed by atoms with Gasteiger partial charge in [-0.05, 0) is 41.3 Å². The van der Waals surface area contributed by atoms with Crippen molar-refractivity contribution in [1.82, 2.24) is 10.6 Å². The van der Waals surface area contributed by atoms with Crippen LogP contribution >= 0.6 is 0 Å². The fourth-order valence-corrected chi connectivity index (χ4v) is 3.25. The molecule has 3 aromatic carbocycles. The van der Waals surface area contributed by atoms with E-state index in [0.29, 0.717) is 12.3 Å². The van der Waals surface area contributed by atoms with Crippen LogP contribution in [0.5, 0.6) is 5.75 Å². The summed E-state index contributed by atoms with van der Waals surface area (Å²) in [5.41, 5.74) is 2.46. The molecule has 0 spiro atoms. The molecule has 0 aliphatic rings. The number of carbonyl (C=O) groups excluding carboxylic acids is 3. The number of benzene rings is 3. The number of amides is 3. The van der Waals surface area contributed by atoms with Gasteiger partial charge in [0.1, 0.15) is 5.75 Å². The van der Waals surface area contributed by atoms with Crippen molar-refractivity contribution in [2.45, 2.75) is 19.4 Å². The van der Waals surface area contributed by atoms with E-state index in [1.165, 1.54) is 0 Å². The van der Waals surface area contributed by atoms with Crippen LogP contribution in [-0.4, -0.2) is 31.4 Å². The summed E-state index contributed by atoms with van der Waals surface area (Å²) < 4.78 is 5.19. The predicted molar refractivity (Wildman–Crippen MR) is 127 cm³/mol. The van der Waals surface area contributed by atoms with Gasteiger partial charge in [-0.1, -0.05) is 61.5 Å². The van der Waals surface area contributed by atoms with Crippen LogP contribution < -0.4 is 20.7 Å². The van der Waals surface area contributed by atoms with Gasteiger partial charge in [0.15, 0.2) is 0 Å². The second kappa shape index (κ2) is 11.5.